The first kappa shape index (κ1) is 16.9. The first-order chi connectivity index (χ1) is 10.0. The third-order valence-corrected chi connectivity index (χ3v) is 5.47. The van der Waals surface area contributed by atoms with Crippen LogP contribution in [0.15, 0.2) is 16.6 Å². The molecular formula is C17H24BrF2N. The van der Waals surface area contributed by atoms with Crippen LogP contribution in [0.2, 0.25) is 0 Å². The lowest BCUT2D eigenvalue weighted by Crippen LogP contribution is -2.37. The van der Waals surface area contributed by atoms with Crippen molar-refractivity contribution in [2.75, 3.05) is 6.54 Å². The van der Waals surface area contributed by atoms with E-state index in [1.54, 1.807) is 0 Å². The minimum atomic E-state index is -0.390. The van der Waals surface area contributed by atoms with Crippen molar-refractivity contribution in [2.45, 2.75) is 58.4 Å². The van der Waals surface area contributed by atoms with Gasteiger partial charge in [0, 0.05) is 11.6 Å². The molecule has 1 aliphatic rings. The summed E-state index contributed by atoms with van der Waals surface area (Å²) in [4.78, 5) is 0. The Morgan fingerprint density at radius 3 is 2.43 bits per heavy atom. The quantitative estimate of drug-likeness (QED) is 0.638. The predicted molar refractivity (Wildman–Crippen MR) is 86.3 cm³/mol. The van der Waals surface area contributed by atoms with E-state index < -0.39 is 0 Å². The summed E-state index contributed by atoms with van der Waals surface area (Å²) in [5.41, 5.74) is 0.531. The van der Waals surface area contributed by atoms with Gasteiger partial charge in [-0.2, -0.15) is 0 Å². The molecule has 0 saturated heterocycles. The fraction of sp³-hybridized carbons (Fsp3) is 0.647. The minimum absolute atomic E-state index is 0.0519. The summed E-state index contributed by atoms with van der Waals surface area (Å²) in [7, 11) is 0. The highest BCUT2D eigenvalue weighted by atomic mass is 79.9. The van der Waals surface area contributed by atoms with Gasteiger partial charge in [-0.3, -0.25) is 0 Å². The molecule has 1 aromatic rings. The molecule has 0 aliphatic heterocycles. The first-order valence-corrected chi connectivity index (χ1v) is 8.71. The van der Waals surface area contributed by atoms with Gasteiger partial charge in [0.05, 0.1) is 4.47 Å². The Bertz CT molecular complexity index is 484. The molecule has 1 N–H and O–H groups in total. The molecule has 1 unspecified atom stereocenters. The number of hydrogen-bond donors (Lipinski definition) is 1. The molecule has 1 saturated carbocycles. The van der Waals surface area contributed by atoms with Crippen LogP contribution in [0, 0.1) is 17.0 Å². The van der Waals surface area contributed by atoms with Gasteiger partial charge in [0.15, 0.2) is 0 Å². The molecule has 1 nitrogen and oxygen atoms in total. The molecule has 1 aromatic carbocycles. The van der Waals surface area contributed by atoms with Crippen molar-refractivity contribution in [3.63, 3.8) is 0 Å². The maximum absolute atomic E-state index is 14.4. The van der Waals surface area contributed by atoms with Gasteiger partial charge in [0.25, 0.3) is 0 Å². The monoisotopic (exact) mass is 359 g/mol. The van der Waals surface area contributed by atoms with E-state index >= 15 is 0 Å². The minimum Gasteiger partial charge on any atom is -0.309 e. The largest absolute Gasteiger partial charge is 0.309 e. The highest BCUT2D eigenvalue weighted by molar-refractivity contribution is 9.10. The van der Waals surface area contributed by atoms with E-state index in [1.165, 1.54) is 25.0 Å². The summed E-state index contributed by atoms with van der Waals surface area (Å²) in [6.45, 7) is 5.08. The van der Waals surface area contributed by atoms with Crippen LogP contribution in [0.4, 0.5) is 8.78 Å². The number of nitrogens with one attached hydrogen (secondary N) is 1. The first-order valence-electron chi connectivity index (χ1n) is 7.92. The average Bonchev–Trinajstić information content (AvgIpc) is 2.94. The summed E-state index contributed by atoms with van der Waals surface area (Å²) in [6, 6.07) is 2.51. The van der Waals surface area contributed by atoms with Crippen LogP contribution in [0.1, 0.15) is 64.0 Å². The number of rotatable bonds is 6. The van der Waals surface area contributed by atoms with Gasteiger partial charge in [0.2, 0.25) is 0 Å². The zero-order valence-corrected chi connectivity index (χ0v) is 14.4. The second-order valence-electron chi connectivity index (χ2n) is 6.10. The van der Waals surface area contributed by atoms with Crippen molar-refractivity contribution in [1.82, 2.24) is 5.32 Å². The van der Waals surface area contributed by atoms with Gasteiger partial charge in [-0.05, 0) is 65.7 Å². The van der Waals surface area contributed by atoms with Crippen molar-refractivity contribution in [3.05, 3.63) is 33.8 Å². The molecule has 0 bridgehead atoms. The van der Waals surface area contributed by atoms with Gasteiger partial charge >= 0.3 is 0 Å². The summed E-state index contributed by atoms with van der Waals surface area (Å²) in [5, 5.41) is 3.48. The Hall–Kier alpha value is -0.480. The smallest absolute Gasteiger partial charge is 0.137 e. The third-order valence-electron chi connectivity index (χ3n) is 4.86. The topological polar surface area (TPSA) is 12.0 Å². The molecule has 21 heavy (non-hydrogen) atoms. The Morgan fingerprint density at radius 1 is 1.19 bits per heavy atom. The standard InChI is InChI=1S/C17H24BrF2N/c1-3-9-21-16(17(4-2)7-5-6-8-17)12-10-15(20)13(18)11-14(12)19/h10-11,16,21H,3-9H2,1-2H3. The van der Waals surface area contributed by atoms with Crippen LogP contribution in [0.25, 0.3) is 0 Å². The summed E-state index contributed by atoms with van der Waals surface area (Å²) >= 11 is 3.06. The maximum Gasteiger partial charge on any atom is 0.137 e. The van der Waals surface area contributed by atoms with Crippen LogP contribution < -0.4 is 5.32 Å². The molecule has 1 atom stereocenters. The number of benzene rings is 1. The molecule has 4 heteroatoms. The van der Waals surface area contributed by atoms with E-state index in [9.17, 15) is 8.78 Å². The van der Waals surface area contributed by atoms with Gasteiger partial charge in [-0.15, -0.1) is 0 Å². The number of halogens is 3. The Morgan fingerprint density at radius 2 is 1.86 bits per heavy atom. The van der Waals surface area contributed by atoms with E-state index in [4.69, 9.17) is 0 Å². The lowest BCUT2D eigenvalue weighted by Gasteiger charge is -2.38. The molecule has 2 rings (SSSR count). The summed E-state index contributed by atoms with van der Waals surface area (Å²) in [5.74, 6) is -0.712. The SMILES string of the molecule is CCCNC(c1cc(F)c(Br)cc1F)C1(CC)CCCC1. The Labute approximate surface area is 134 Å². The van der Waals surface area contributed by atoms with Crippen molar-refractivity contribution >= 4 is 15.9 Å². The molecule has 0 heterocycles. The zero-order valence-electron chi connectivity index (χ0n) is 12.8. The van der Waals surface area contributed by atoms with E-state index in [-0.39, 0.29) is 27.6 Å². The van der Waals surface area contributed by atoms with Gasteiger partial charge in [-0.25, -0.2) is 8.78 Å². The second kappa shape index (κ2) is 7.19. The maximum atomic E-state index is 14.4. The Kier molecular flexibility index (Phi) is 5.78. The van der Waals surface area contributed by atoms with Crippen molar-refractivity contribution in [3.8, 4) is 0 Å². The lowest BCUT2D eigenvalue weighted by molar-refractivity contribution is 0.183. The molecule has 0 radical (unpaired) electrons. The van der Waals surface area contributed by atoms with Crippen LogP contribution in [-0.2, 0) is 0 Å². The highest BCUT2D eigenvalue weighted by Gasteiger charge is 2.41. The van der Waals surface area contributed by atoms with Crippen LogP contribution in [0.3, 0.4) is 0 Å². The average molecular weight is 360 g/mol. The molecule has 1 fully saturated rings. The normalized spacial score (nSPS) is 18.9. The van der Waals surface area contributed by atoms with Crippen LogP contribution >= 0.6 is 15.9 Å². The fourth-order valence-corrected chi connectivity index (χ4v) is 3.95. The van der Waals surface area contributed by atoms with Crippen molar-refractivity contribution in [1.29, 1.82) is 0 Å². The predicted octanol–water partition coefficient (Wildman–Crippen LogP) is 5.74. The summed E-state index contributed by atoms with van der Waals surface area (Å²) in [6.07, 6.45) is 6.50. The molecule has 0 aromatic heterocycles. The highest BCUT2D eigenvalue weighted by Crippen LogP contribution is 2.50. The molecule has 1 aliphatic carbocycles. The van der Waals surface area contributed by atoms with Crippen LogP contribution in [-0.4, -0.2) is 6.54 Å². The Balaban J connectivity index is 2.42. The van der Waals surface area contributed by atoms with Gasteiger partial charge < -0.3 is 5.32 Å². The van der Waals surface area contributed by atoms with Gasteiger partial charge in [0.1, 0.15) is 11.6 Å². The number of hydrogen-bond acceptors (Lipinski definition) is 1. The van der Waals surface area contributed by atoms with Crippen LogP contribution in [0.5, 0.6) is 0 Å². The van der Waals surface area contributed by atoms with E-state index in [0.717, 1.165) is 32.2 Å². The molecule has 0 spiro atoms. The van der Waals surface area contributed by atoms with E-state index in [1.807, 2.05) is 0 Å². The van der Waals surface area contributed by atoms with Gasteiger partial charge in [-0.1, -0.05) is 26.7 Å². The summed E-state index contributed by atoms with van der Waals surface area (Å²) < 4.78 is 28.5. The van der Waals surface area contributed by atoms with E-state index in [0.29, 0.717) is 5.56 Å². The third kappa shape index (κ3) is 3.48. The van der Waals surface area contributed by atoms with Crippen molar-refractivity contribution < 1.29 is 8.78 Å². The lowest BCUT2D eigenvalue weighted by atomic mass is 9.73. The zero-order chi connectivity index (χ0) is 15.5. The second-order valence-corrected chi connectivity index (χ2v) is 6.95. The van der Waals surface area contributed by atoms with E-state index in [2.05, 4.69) is 35.1 Å². The molecule has 0 amide bonds. The molecular weight excluding hydrogens is 336 g/mol. The van der Waals surface area contributed by atoms with Crippen molar-refractivity contribution in [2.24, 2.45) is 5.41 Å². The molecule has 118 valence electrons. The fourth-order valence-electron chi connectivity index (χ4n) is 3.63.